The van der Waals surface area contributed by atoms with Crippen LogP contribution in [0, 0.1) is 24.7 Å². The van der Waals surface area contributed by atoms with E-state index in [1.54, 1.807) is 0 Å². The van der Waals surface area contributed by atoms with Gasteiger partial charge in [-0.2, -0.15) is 0 Å². The van der Waals surface area contributed by atoms with Gasteiger partial charge in [0, 0.05) is 16.8 Å². The van der Waals surface area contributed by atoms with E-state index in [0.29, 0.717) is 0 Å². The van der Waals surface area contributed by atoms with E-state index in [1.807, 2.05) is 0 Å². The van der Waals surface area contributed by atoms with Gasteiger partial charge in [0.2, 0.25) is 0 Å². The van der Waals surface area contributed by atoms with Crippen molar-refractivity contribution < 1.29 is 16.8 Å². The number of rotatable bonds is 2. The predicted octanol–water partition coefficient (Wildman–Crippen LogP) is 4.80. The van der Waals surface area contributed by atoms with Crippen LogP contribution in [0.3, 0.4) is 0 Å². The summed E-state index contributed by atoms with van der Waals surface area (Å²) in [5.74, 6) is 2.01. The summed E-state index contributed by atoms with van der Waals surface area (Å²) in [7, 11) is 0. The first-order chi connectivity index (χ1) is 6.86. The summed E-state index contributed by atoms with van der Waals surface area (Å²) < 4.78 is 0. The molecule has 0 aromatic heterocycles. The second kappa shape index (κ2) is 9.71. The zero-order chi connectivity index (χ0) is 10.2. The summed E-state index contributed by atoms with van der Waals surface area (Å²) in [5.41, 5.74) is 0. The average molecular weight is 253 g/mol. The van der Waals surface area contributed by atoms with E-state index in [4.69, 9.17) is 0 Å². The maximum atomic E-state index is 2.33. The van der Waals surface area contributed by atoms with Crippen LogP contribution in [0.4, 0.5) is 0 Å². The minimum atomic E-state index is 0. The van der Waals surface area contributed by atoms with Crippen LogP contribution in [0.5, 0.6) is 0 Å². The largest absolute Gasteiger partial charge is 0.0651 e. The van der Waals surface area contributed by atoms with Crippen molar-refractivity contribution in [3.05, 3.63) is 12.8 Å². The molecule has 0 bridgehead atoms. The summed E-state index contributed by atoms with van der Waals surface area (Å²) in [6, 6.07) is 0. The van der Waals surface area contributed by atoms with E-state index in [-0.39, 0.29) is 16.8 Å². The minimum Gasteiger partial charge on any atom is -0.0651 e. The molecule has 1 heteroatoms. The van der Waals surface area contributed by atoms with Crippen LogP contribution in [-0.4, -0.2) is 0 Å². The van der Waals surface area contributed by atoms with Gasteiger partial charge in [-0.1, -0.05) is 52.4 Å². The zero-order valence-corrected chi connectivity index (χ0v) is 11.3. The Morgan fingerprint density at radius 1 is 1.00 bits per heavy atom. The Hall–Kier alpha value is 0.506. The van der Waals surface area contributed by atoms with Crippen LogP contribution in [-0.2, 0) is 16.8 Å². The number of hydrogen-bond acceptors (Lipinski definition) is 0. The van der Waals surface area contributed by atoms with Crippen LogP contribution < -0.4 is 0 Å². The summed E-state index contributed by atoms with van der Waals surface area (Å²) in [5, 5.41) is 0. The molecule has 0 spiro atoms. The van der Waals surface area contributed by atoms with E-state index in [2.05, 4.69) is 26.7 Å². The third-order valence-corrected chi connectivity index (χ3v) is 3.69. The van der Waals surface area contributed by atoms with Crippen LogP contribution in [0.1, 0.15) is 65.2 Å². The van der Waals surface area contributed by atoms with Crippen molar-refractivity contribution in [1.29, 1.82) is 0 Å². The Morgan fingerprint density at radius 3 is 1.93 bits per heavy atom. The predicted molar refractivity (Wildman–Crippen MR) is 63.9 cm³/mol. The van der Waals surface area contributed by atoms with Gasteiger partial charge < -0.3 is 0 Å². The van der Waals surface area contributed by atoms with E-state index in [1.165, 1.54) is 51.4 Å². The Morgan fingerprint density at radius 2 is 1.67 bits per heavy atom. The maximum Gasteiger partial charge on any atom is 0 e. The average Bonchev–Trinajstić information content (AvgIpc) is 2.92. The first kappa shape index (κ1) is 15.5. The van der Waals surface area contributed by atoms with Gasteiger partial charge in [0.1, 0.15) is 0 Å². The van der Waals surface area contributed by atoms with E-state index in [9.17, 15) is 0 Å². The fourth-order valence-corrected chi connectivity index (χ4v) is 2.45. The van der Waals surface area contributed by atoms with E-state index < -0.39 is 0 Å². The van der Waals surface area contributed by atoms with E-state index in [0.717, 1.165) is 11.8 Å². The fraction of sp³-hybridized carbons (Fsp3) is 0.857. The summed E-state index contributed by atoms with van der Waals surface area (Å²) >= 11 is 0. The first-order valence-corrected chi connectivity index (χ1v) is 6.53. The Balaban J connectivity index is 0.000000245. The van der Waals surface area contributed by atoms with Gasteiger partial charge in [-0.15, -0.1) is 0 Å². The molecular weight excluding hydrogens is 227 g/mol. The summed E-state index contributed by atoms with van der Waals surface area (Å²) in [6.07, 6.45) is 16.1. The molecule has 0 N–H and O–H groups in total. The molecule has 15 heavy (non-hydrogen) atoms. The van der Waals surface area contributed by atoms with Crippen LogP contribution in [0.15, 0.2) is 0 Å². The molecule has 1 atom stereocenters. The molecule has 0 aromatic rings. The monoisotopic (exact) mass is 253 g/mol. The van der Waals surface area contributed by atoms with Gasteiger partial charge in [-0.3, -0.25) is 0 Å². The molecule has 0 aliphatic heterocycles. The quantitative estimate of drug-likeness (QED) is 0.663. The van der Waals surface area contributed by atoms with Gasteiger partial charge in [-0.25, -0.2) is 0 Å². The molecule has 91 valence electrons. The standard InChI is InChI=1S/C7H14.C7H12.Co/c2*1-2-7-5-3-4-6-7;/h7H,2-6H2,1H3;3,5,7H,2,4,6H2,1H3;. The molecule has 0 aromatic carbocycles. The normalized spacial score (nSPS) is 22.0. The van der Waals surface area contributed by atoms with Crippen molar-refractivity contribution in [3.63, 3.8) is 0 Å². The molecule has 2 aliphatic carbocycles. The third kappa shape index (κ3) is 6.62. The first-order valence-electron chi connectivity index (χ1n) is 6.53. The molecule has 2 fully saturated rings. The molecular formula is C14H26Co. The molecule has 1 unspecified atom stereocenters. The van der Waals surface area contributed by atoms with Crippen molar-refractivity contribution in [1.82, 2.24) is 0 Å². The molecule has 0 amide bonds. The van der Waals surface area contributed by atoms with Gasteiger partial charge >= 0.3 is 0 Å². The summed E-state index contributed by atoms with van der Waals surface area (Å²) in [6.45, 7) is 4.55. The molecule has 2 rings (SSSR count). The van der Waals surface area contributed by atoms with Crippen molar-refractivity contribution >= 4 is 0 Å². The zero-order valence-electron chi connectivity index (χ0n) is 10.3. The molecule has 2 aliphatic rings. The summed E-state index contributed by atoms with van der Waals surface area (Å²) in [4.78, 5) is 0. The Labute approximate surface area is 107 Å². The smallest absolute Gasteiger partial charge is 0 e. The Bertz CT molecular complexity index is 105. The molecule has 2 saturated carbocycles. The molecule has 0 heterocycles. The van der Waals surface area contributed by atoms with E-state index >= 15 is 0 Å². The Kier molecular flexibility index (Phi) is 10.0. The van der Waals surface area contributed by atoms with Gasteiger partial charge in [0.15, 0.2) is 0 Å². The molecule has 0 nitrogen and oxygen atoms in total. The third-order valence-electron chi connectivity index (χ3n) is 3.69. The van der Waals surface area contributed by atoms with Gasteiger partial charge in [0.25, 0.3) is 0 Å². The maximum absolute atomic E-state index is 2.33. The van der Waals surface area contributed by atoms with Gasteiger partial charge in [0.05, 0.1) is 0 Å². The fourth-order valence-electron chi connectivity index (χ4n) is 2.45. The second-order valence-corrected chi connectivity index (χ2v) is 4.73. The molecule has 3 radical (unpaired) electrons. The van der Waals surface area contributed by atoms with Crippen molar-refractivity contribution in [2.75, 3.05) is 0 Å². The SMILES string of the molecule is CCC1CCCC1.CCC1[CH][CH]CC1.[Co]. The van der Waals surface area contributed by atoms with Crippen molar-refractivity contribution in [2.24, 2.45) is 11.8 Å². The van der Waals surface area contributed by atoms with Crippen LogP contribution in [0.25, 0.3) is 0 Å². The molecule has 0 saturated heterocycles. The van der Waals surface area contributed by atoms with Crippen molar-refractivity contribution in [2.45, 2.75) is 65.2 Å². The van der Waals surface area contributed by atoms with Crippen LogP contribution >= 0.6 is 0 Å². The van der Waals surface area contributed by atoms with Gasteiger partial charge in [-0.05, 0) is 37.5 Å². The van der Waals surface area contributed by atoms with Crippen LogP contribution in [0.2, 0.25) is 0 Å². The minimum absolute atomic E-state index is 0. The second-order valence-electron chi connectivity index (χ2n) is 4.73. The number of hydrogen-bond donors (Lipinski definition) is 0. The topological polar surface area (TPSA) is 0 Å². The van der Waals surface area contributed by atoms with Crippen molar-refractivity contribution in [3.8, 4) is 0 Å².